The number of phenolic OH excluding ortho intramolecular Hbond substituents is 1. The zero-order valence-electron chi connectivity index (χ0n) is 25.0. The van der Waals surface area contributed by atoms with Crippen molar-refractivity contribution in [2.24, 2.45) is 29.1 Å². The van der Waals surface area contributed by atoms with Crippen molar-refractivity contribution in [3.8, 4) is 5.75 Å². The van der Waals surface area contributed by atoms with Crippen molar-refractivity contribution < 1.29 is 24.3 Å². The van der Waals surface area contributed by atoms with Crippen molar-refractivity contribution in [3.63, 3.8) is 0 Å². The number of nitrogens with zero attached hydrogens (tertiary/aromatic N) is 2. The van der Waals surface area contributed by atoms with Gasteiger partial charge in [-0.05, 0) is 86.1 Å². The highest BCUT2D eigenvalue weighted by Crippen LogP contribution is 2.64. The third kappa shape index (κ3) is 3.74. The first-order valence-corrected chi connectivity index (χ1v) is 15.1. The number of aromatic hydroxyl groups is 1. The molecule has 3 aromatic rings. The normalized spacial score (nSPS) is 29.3. The molecule has 0 spiro atoms. The number of carbonyl (C=O) groups is 4. The number of phenols is 1. The van der Waals surface area contributed by atoms with Gasteiger partial charge in [0.1, 0.15) is 5.75 Å². The first kappa shape index (κ1) is 28.0. The number of rotatable bonds is 4. The van der Waals surface area contributed by atoms with E-state index in [0.717, 1.165) is 16.7 Å². The molecule has 2 aliphatic heterocycles. The van der Waals surface area contributed by atoms with Crippen molar-refractivity contribution >= 4 is 41.1 Å². The second-order valence-electron chi connectivity index (χ2n) is 12.8. The smallest absolute Gasteiger partial charge is 0.241 e. The summed E-state index contributed by atoms with van der Waals surface area (Å²) in [5, 5.41) is 10.6. The maximum Gasteiger partial charge on any atom is 0.241 e. The van der Waals surface area contributed by atoms with Crippen LogP contribution in [0.4, 0.5) is 11.4 Å². The second-order valence-corrected chi connectivity index (χ2v) is 12.8. The highest BCUT2D eigenvalue weighted by molar-refractivity contribution is 6.25. The molecule has 6 unspecified atom stereocenters. The lowest BCUT2D eigenvalue weighted by Crippen LogP contribution is -2.49. The summed E-state index contributed by atoms with van der Waals surface area (Å²) in [7, 11) is 0. The minimum atomic E-state index is -1.12. The first-order valence-electron chi connectivity index (χ1n) is 15.1. The Bertz CT molecular complexity index is 1770. The summed E-state index contributed by atoms with van der Waals surface area (Å²) in [5.41, 5.74) is 3.90. The molecule has 1 saturated carbocycles. The van der Waals surface area contributed by atoms with Crippen molar-refractivity contribution in [3.05, 3.63) is 107 Å². The van der Waals surface area contributed by atoms with Gasteiger partial charge in [-0.15, -0.1) is 0 Å². The number of amides is 4. The van der Waals surface area contributed by atoms with E-state index in [1.165, 1.54) is 9.80 Å². The van der Waals surface area contributed by atoms with Gasteiger partial charge >= 0.3 is 0 Å². The molecular weight excluding hydrogens is 552 g/mol. The molecule has 0 bridgehead atoms. The van der Waals surface area contributed by atoms with Crippen LogP contribution in [0.5, 0.6) is 5.75 Å². The fourth-order valence-electron chi connectivity index (χ4n) is 8.39. The second kappa shape index (κ2) is 9.88. The fraction of sp³-hybridized carbons (Fsp3) is 0.297. The molecule has 2 saturated heterocycles. The third-order valence-electron chi connectivity index (χ3n) is 10.5. The number of hydrogen-bond donors (Lipinski definition) is 1. The average Bonchev–Trinajstić information content (AvgIpc) is 3.39. The Kier molecular flexibility index (Phi) is 6.29. The quantitative estimate of drug-likeness (QED) is 0.295. The molecule has 44 heavy (non-hydrogen) atoms. The third-order valence-corrected chi connectivity index (χ3v) is 10.5. The van der Waals surface area contributed by atoms with E-state index in [4.69, 9.17) is 0 Å². The zero-order chi connectivity index (χ0) is 31.1. The largest absolute Gasteiger partial charge is 0.507 e. The molecule has 2 aliphatic carbocycles. The number of fused-ring (bicyclic) bond motifs is 4. The number of imide groups is 2. The first-order chi connectivity index (χ1) is 21.1. The number of hydrogen-bond acceptors (Lipinski definition) is 5. The van der Waals surface area contributed by atoms with Gasteiger partial charge in [-0.2, -0.15) is 0 Å². The lowest BCUT2D eigenvalue weighted by molar-refractivity contribution is -0.131. The average molecular weight is 587 g/mol. The summed E-state index contributed by atoms with van der Waals surface area (Å²) in [6.07, 6.45) is 4.43. The summed E-state index contributed by atoms with van der Waals surface area (Å²) in [4.78, 5) is 59.4. The van der Waals surface area contributed by atoms with Gasteiger partial charge in [0, 0.05) is 5.92 Å². The summed E-state index contributed by atoms with van der Waals surface area (Å²) < 4.78 is 0. The molecule has 0 aromatic heterocycles. The van der Waals surface area contributed by atoms with Gasteiger partial charge in [-0.1, -0.05) is 66.8 Å². The van der Waals surface area contributed by atoms with Crippen molar-refractivity contribution in [1.29, 1.82) is 0 Å². The van der Waals surface area contributed by atoms with Crippen molar-refractivity contribution in [2.45, 2.75) is 39.5 Å². The molecule has 4 aliphatic rings. The van der Waals surface area contributed by atoms with Gasteiger partial charge in [0.25, 0.3) is 0 Å². The molecule has 4 amide bonds. The predicted molar refractivity (Wildman–Crippen MR) is 168 cm³/mol. The van der Waals surface area contributed by atoms with Crippen LogP contribution in [0.2, 0.25) is 0 Å². The molecule has 3 fully saturated rings. The fourth-order valence-corrected chi connectivity index (χ4v) is 8.39. The predicted octanol–water partition coefficient (Wildman–Crippen LogP) is 6.09. The Morgan fingerprint density at radius 3 is 2.11 bits per heavy atom. The van der Waals surface area contributed by atoms with Gasteiger partial charge in [-0.25, -0.2) is 4.90 Å². The molecule has 7 nitrogen and oxygen atoms in total. The van der Waals surface area contributed by atoms with Gasteiger partial charge in [0.05, 0.1) is 34.5 Å². The molecule has 7 heteroatoms. The Morgan fingerprint density at radius 2 is 1.48 bits per heavy atom. The molecule has 3 aromatic carbocycles. The van der Waals surface area contributed by atoms with Crippen LogP contribution in [0.1, 0.15) is 47.9 Å². The van der Waals surface area contributed by atoms with E-state index in [1.54, 1.807) is 42.5 Å². The zero-order valence-corrected chi connectivity index (χ0v) is 25.0. The number of allylic oxidation sites excluding steroid dienone is 2. The molecule has 7 rings (SSSR count). The maximum atomic E-state index is 14.5. The number of aryl methyl sites for hydroxylation is 2. The number of benzene rings is 3. The summed E-state index contributed by atoms with van der Waals surface area (Å²) >= 11 is 0. The number of para-hydroxylation sites is 1. The highest BCUT2D eigenvalue weighted by atomic mass is 16.3. The van der Waals surface area contributed by atoms with Gasteiger partial charge in [0.15, 0.2) is 0 Å². The number of carbonyl (C=O) groups excluding carboxylic acids is 4. The van der Waals surface area contributed by atoms with E-state index >= 15 is 0 Å². The molecule has 6 atom stereocenters. The lowest BCUT2D eigenvalue weighted by Gasteiger charge is -2.49. The Hall–Kier alpha value is -4.78. The minimum Gasteiger partial charge on any atom is -0.507 e. The Morgan fingerprint density at radius 1 is 0.841 bits per heavy atom. The summed E-state index contributed by atoms with van der Waals surface area (Å²) in [6, 6.07) is 19.9. The van der Waals surface area contributed by atoms with E-state index in [1.807, 2.05) is 57.2 Å². The van der Waals surface area contributed by atoms with Crippen LogP contribution in [-0.2, 0) is 19.2 Å². The SMILES string of the molecule is C=Cc1ccc(N2C(=O)C3CC=C4C(CC5C(=O)N(c6ccccc6)C(=O)C5(C)C4c4cc(C)c(O)c(C)c4)C3C2=O)cc1. The summed E-state index contributed by atoms with van der Waals surface area (Å²) in [6.45, 7) is 9.31. The van der Waals surface area contributed by atoms with Gasteiger partial charge < -0.3 is 5.11 Å². The standard InChI is InChI=1S/C37H34N2O5/c1-5-22-11-13-25(14-12-22)38-33(41)27-16-15-26-28(30(27)35(38)43)19-29-34(42)39(24-9-7-6-8-10-24)36(44)37(29,4)31(26)23-17-20(2)32(40)21(3)18-23/h5-15,17-18,27-31,40H,1,16,19H2,2-4H3. The van der Waals surface area contributed by atoms with Crippen LogP contribution in [-0.4, -0.2) is 28.7 Å². The van der Waals surface area contributed by atoms with E-state index in [9.17, 15) is 24.3 Å². The molecule has 222 valence electrons. The summed E-state index contributed by atoms with van der Waals surface area (Å²) in [5.74, 6) is -3.65. The van der Waals surface area contributed by atoms with Crippen LogP contribution < -0.4 is 9.80 Å². The van der Waals surface area contributed by atoms with Crippen LogP contribution in [0, 0.1) is 42.9 Å². The number of anilines is 2. The van der Waals surface area contributed by atoms with Crippen LogP contribution in [0.3, 0.4) is 0 Å². The minimum absolute atomic E-state index is 0.190. The van der Waals surface area contributed by atoms with E-state index in [-0.39, 0.29) is 29.4 Å². The highest BCUT2D eigenvalue weighted by Gasteiger charge is 2.67. The Labute approximate surface area is 256 Å². The van der Waals surface area contributed by atoms with Crippen LogP contribution >= 0.6 is 0 Å². The van der Waals surface area contributed by atoms with Crippen molar-refractivity contribution in [1.82, 2.24) is 0 Å². The topological polar surface area (TPSA) is 95.0 Å². The van der Waals surface area contributed by atoms with Crippen LogP contribution in [0.25, 0.3) is 6.08 Å². The molecule has 2 heterocycles. The van der Waals surface area contributed by atoms with E-state index in [2.05, 4.69) is 6.58 Å². The molecule has 1 N–H and O–H groups in total. The van der Waals surface area contributed by atoms with Crippen molar-refractivity contribution in [2.75, 3.05) is 9.80 Å². The van der Waals surface area contributed by atoms with E-state index < -0.39 is 35.0 Å². The lowest BCUT2D eigenvalue weighted by atomic mass is 9.51. The van der Waals surface area contributed by atoms with E-state index in [0.29, 0.717) is 35.3 Å². The Balaban J connectivity index is 1.37. The molecule has 0 radical (unpaired) electrons. The molecular formula is C37H34N2O5. The maximum absolute atomic E-state index is 14.5. The van der Waals surface area contributed by atoms with Crippen LogP contribution in [0.15, 0.2) is 85.0 Å². The van der Waals surface area contributed by atoms with Gasteiger partial charge in [0.2, 0.25) is 23.6 Å². The monoisotopic (exact) mass is 586 g/mol. The van der Waals surface area contributed by atoms with Gasteiger partial charge in [-0.3, -0.25) is 24.1 Å².